The van der Waals surface area contributed by atoms with E-state index in [0.29, 0.717) is 23.9 Å². The summed E-state index contributed by atoms with van der Waals surface area (Å²) >= 11 is 0. The number of hydrogen-bond donors (Lipinski definition) is 0. The van der Waals surface area contributed by atoms with Crippen LogP contribution in [0.25, 0.3) is 33.5 Å². The molecule has 1 unspecified atom stereocenters. The van der Waals surface area contributed by atoms with E-state index in [9.17, 15) is 9.18 Å². The largest absolute Gasteiger partial charge is 0.433 e. The molecule has 0 aliphatic heterocycles. The summed E-state index contributed by atoms with van der Waals surface area (Å²) in [5, 5.41) is 0.959. The zero-order chi connectivity index (χ0) is 27.9. The molecule has 1 amide bonds. The van der Waals surface area contributed by atoms with E-state index in [4.69, 9.17) is 9.15 Å². The van der Waals surface area contributed by atoms with Crippen LogP contribution in [0.3, 0.4) is 0 Å². The second kappa shape index (κ2) is 13.2. The summed E-state index contributed by atoms with van der Waals surface area (Å²) in [4.78, 5) is 18.1. The molecule has 4 aromatic rings. The number of halogens is 2. The Kier molecular flexibility index (Phi) is 9.73. The molecule has 0 bridgehead atoms. The lowest BCUT2D eigenvalue weighted by molar-refractivity contribution is -0.129. The molecule has 2 heterocycles. The molecule has 0 spiro atoms. The molecule has 1 atom stereocenters. The molecular formula is C31H39F2N3O3. The van der Waals surface area contributed by atoms with Gasteiger partial charge in [0.25, 0.3) is 0 Å². The molecule has 39 heavy (non-hydrogen) atoms. The first-order valence-corrected chi connectivity index (χ1v) is 13.9. The number of carbonyl (C=O) groups is 1. The van der Waals surface area contributed by atoms with Gasteiger partial charge in [-0.05, 0) is 38.3 Å². The number of aryl methyl sites for hydroxylation is 1. The number of ether oxygens (including phenoxy) is 1. The summed E-state index contributed by atoms with van der Waals surface area (Å²) in [5.41, 5.74) is 2.39. The number of likely N-dealkylation sites (N-methyl/N-ethyl adjacent to an activating group) is 1. The number of carbonyl (C=O) groups excluding carboxylic acids is 1. The van der Waals surface area contributed by atoms with Crippen LogP contribution in [0, 0.1) is 5.82 Å². The number of fused-ring (bicyclic) bond motifs is 2. The van der Waals surface area contributed by atoms with Crippen molar-refractivity contribution in [2.24, 2.45) is 7.05 Å². The van der Waals surface area contributed by atoms with Gasteiger partial charge in [0.2, 0.25) is 11.8 Å². The molecule has 0 radical (unpaired) electrons. The van der Waals surface area contributed by atoms with E-state index in [-0.39, 0.29) is 30.0 Å². The Morgan fingerprint density at radius 3 is 2.64 bits per heavy atom. The summed E-state index contributed by atoms with van der Waals surface area (Å²) in [6.07, 6.45) is 8.34. The van der Waals surface area contributed by atoms with Gasteiger partial charge in [-0.1, -0.05) is 50.5 Å². The number of para-hydroxylation sites is 1. The highest BCUT2D eigenvalue weighted by Crippen LogP contribution is 2.33. The first-order valence-electron chi connectivity index (χ1n) is 13.9. The molecule has 0 N–H and O–H groups in total. The van der Waals surface area contributed by atoms with Gasteiger partial charge in [-0.3, -0.25) is 4.79 Å². The third-order valence-electron chi connectivity index (χ3n) is 7.34. The first kappa shape index (κ1) is 28.7. The van der Waals surface area contributed by atoms with Crippen LogP contribution >= 0.6 is 0 Å². The Hall–Kier alpha value is -3.26. The maximum Gasteiger partial charge on any atom is 0.229 e. The molecule has 2 aromatic carbocycles. The zero-order valence-electron chi connectivity index (χ0n) is 23.4. The van der Waals surface area contributed by atoms with Gasteiger partial charge in [0, 0.05) is 43.4 Å². The summed E-state index contributed by atoms with van der Waals surface area (Å²) in [6, 6.07) is 11.0. The van der Waals surface area contributed by atoms with Crippen LogP contribution in [0.2, 0.25) is 0 Å². The Bertz CT molecular complexity index is 1390. The van der Waals surface area contributed by atoms with E-state index >= 15 is 4.39 Å². The molecule has 210 valence electrons. The minimum atomic E-state index is -1.09. The molecular weight excluding hydrogens is 500 g/mol. The summed E-state index contributed by atoms with van der Waals surface area (Å²) in [7, 11) is 3.45. The monoisotopic (exact) mass is 539 g/mol. The molecule has 6 nitrogen and oxygen atoms in total. The smallest absolute Gasteiger partial charge is 0.229 e. The zero-order valence-corrected chi connectivity index (χ0v) is 23.4. The van der Waals surface area contributed by atoms with Crippen LogP contribution in [0.4, 0.5) is 8.78 Å². The maximum atomic E-state index is 15.1. The molecule has 5 rings (SSSR count). The Morgan fingerprint density at radius 1 is 1.18 bits per heavy atom. The topological polar surface area (TPSA) is 60.5 Å². The number of alkyl halides is 1. The fraction of sp³-hybridized carbons (Fsp3) is 0.484. The normalized spacial score (nSPS) is 14.8. The predicted octanol–water partition coefficient (Wildman–Crippen LogP) is 7.23. The number of oxazole rings is 1. The van der Waals surface area contributed by atoms with Crippen molar-refractivity contribution in [2.75, 3.05) is 20.2 Å². The number of amides is 1. The molecule has 1 fully saturated rings. The van der Waals surface area contributed by atoms with Gasteiger partial charge in [0.15, 0.2) is 11.4 Å². The molecule has 1 saturated carbocycles. The highest BCUT2D eigenvalue weighted by atomic mass is 19.1. The summed E-state index contributed by atoms with van der Waals surface area (Å²) in [6.45, 7) is 4.68. The lowest BCUT2D eigenvalue weighted by Gasteiger charge is -2.20. The Balaban J connectivity index is 0.000000333. The number of benzene rings is 2. The quantitative estimate of drug-likeness (QED) is 0.237. The van der Waals surface area contributed by atoms with Crippen LogP contribution in [-0.2, 0) is 23.0 Å². The van der Waals surface area contributed by atoms with Gasteiger partial charge in [-0.25, -0.2) is 13.8 Å². The van der Waals surface area contributed by atoms with Crippen molar-refractivity contribution in [2.45, 2.75) is 71.1 Å². The standard InChI is InChI=1S/C23H23F2N3O2.C8H16O/c1-4-15(24)12-28(3)20(29)11-14-9-10-18-22(21(14)25)30-23(26-18)17-13-27(2)19-8-6-5-7-16(17)19;1-2-9-8-6-4-3-5-7-8/h5-10,13,15H,4,11-12H2,1-3H3;8H,2-7H2,1H3. The number of aromatic nitrogens is 2. The minimum absolute atomic E-state index is 0.00721. The van der Waals surface area contributed by atoms with Crippen molar-refractivity contribution < 1.29 is 22.7 Å². The molecule has 1 aliphatic carbocycles. The minimum Gasteiger partial charge on any atom is -0.433 e. The van der Waals surface area contributed by atoms with Crippen LogP contribution in [0.15, 0.2) is 47.0 Å². The van der Waals surface area contributed by atoms with Gasteiger partial charge in [0.1, 0.15) is 11.7 Å². The highest BCUT2D eigenvalue weighted by Gasteiger charge is 2.21. The molecule has 1 aliphatic rings. The van der Waals surface area contributed by atoms with Gasteiger partial charge in [-0.15, -0.1) is 0 Å². The van der Waals surface area contributed by atoms with Gasteiger partial charge < -0.3 is 18.6 Å². The second-order valence-electron chi connectivity index (χ2n) is 10.2. The van der Waals surface area contributed by atoms with E-state index in [2.05, 4.69) is 11.9 Å². The van der Waals surface area contributed by atoms with E-state index in [1.807, 2.05) is 42.1 Å². The Morgan fingerprint density at radius 2 is 1.92 bits per heavy atom. The van der Waals surface area contributed by atoms with E-state index in [1.54, 1.807) is 13.0 Å². The predicted molar refractivity (Wildman–Crippen MR) is 151 cm³/mol. The van der Waals surface area contributed by atoms with E-state index in [1.165, 1.54) is 50.1 Å². The highest BCUT2D eigenvalue weighted by molar-refractivity contribution is 5.95. The van der Waals surface area contributed by atoms with Crippen molar-refractivity contribution in [3.05, 3.63) is 54.0 Å². The SMILES string of the molecule is CCC(F)CN(C)C(=O)Cc1ccc2nc(-c3cn(C)c4ccccc34)oc2c1F.CCOC1CCCCC1. The molecule has 8 heteroatoms. The van der Waals surface area contributed by atoms with Gasteiger partial charge >= 0.3 is 0 Å². The fourth-order valence-corrected chi connectivity index (χ4v) is 5.06. The van der Waals surface area contributed by atoms with Gasteiger partial charge in [-0.2, -0.15) is 0 Å². The van der Waals surface area contributed by atoms with Crippen LogP contribution in [-0.4, -0.2) is 52.8 Å². The van der Waals surface area contributed by atoms with Crippen molar-refractivity contribution in [1.29, 1.82) is 0 Å². The summed E-state index contributed by atoms with van der Waals surface area (Å²) < 4.78 is 41.9. The van der Waals surface area contributed by atoms with Crippen molar-refractivity contribution in [1.82, 2.24) is 14.5 Å². The number of nitrogens with zero attached hydrogens (tertiary/aromatic N) is 3. The van der Waals surface area contributed by atoms with Crippen LogP contribution in [0.1, 0.15) is 57.9 Å². The maximum absolute atomic E-state index is 15.1. The average Bonchev–Trinajstić information content (AvgIpc) is 3.53. The number of hydrogen-bond acceptors (Lipinski definition) is 4. The van der Waals surface area contributed by atoms with Crippen molar-refractivity contribution in [3.8, 4) is 11.5 Å². The Labute approximate surface area is 228 Å². The lowest BCUT2D eigenvalue weighted by atomic mass is 9.98. The molecule has 0 saturated heterocycles. The third-order valence-corrected chi connectivity index (χ3v) is 7.34. The molecule has 2 aromatic heterocycles. The fourth-order valence-electron chi connectivity index (χ4n) is 5.06. The van der Waals surface area contributed by atoms with Crippen molar-refractivity contribution >= 4 is 27.9 Å². The lowest BCUT2D eigenvalue weighted by Crippen LogP contribution is -2.33. The van der Waals surface area contributed by atoms with Crippen molar-refractivity contribution in [3.63, 3.8) is 0 Å². The first-order chi connectivity index (χ1) is 18.8. The second-order valence-corrected chi connectivity index (χ2v) is 10.2. The van der Waals surface area contributed by atoms with Crippen LogP contribution < -0.4 is 0 Å². The van der Waals surface area contributed by atoms with Gasteiger partial charge in [0.05, 0.1) is 24.6 Å². The van der Waals surface area contributed by atoms with Crippen LogP contribution in [0.5, 0.6) is 0 Å². The van der Waals surface area contributed by atoms with E-state index in [0.717, 1.165) is 23.1 Å². The number of rotatable bonds is 8. The third kappa shape index (κ3) is 6.85. The summed E-state index contributed by atoms with van der Waals surface area (Å²) in [5.74, 6) is -0.636. The van der Waals surface area contributed by atoms with E-state index < -0.39 is 12.0 Å². The average molecular weight is 540 g/mol.